The van der Waals surface area contributed by atoms with Gasteiger partial charge in [0.1, 0.15) is 5.75 Å². The second kappa shape index (κ2) is 2.98. The minimum absolute atomic E-state index is 0.217. The van der Waals surface area contributed by atoms with Crippen molar-refractivity contribution >= 4 is 17.3 Å². The van der Waals surface area contributed by atoms with Crippen LogP contribution in [0.2, 0.25) is 5.02 Å². The van der Waals surface area contributed by atoms with Gasteiger partial charge in [0, 0.05) is 6.07 Å². The molecule has 1 rings (SSSR count). The first-order chi connectivity index (χ1) is 5.52. The van der Waals surface area contributed by atoms with Crippen LogP contribution in [0.5, 0.6) is 5.75 Å². The number of nitro groups is 1. The Balaban J connectivity index is 3.37. The van der Waals surface area contributed by atoms with Crippen LogP contribution in [0, 0.1) is 17.0 Å². The van der Waals surface area contributed by atoms with E-state index >= 15 is 0 Å². The predicted molar refractivity (Wildman–Crippen MR) is 44.5 cm³/mol. The second-order valence-corrected chi connectivity index (χ2v) is 2.75. The number of phenols is 1. The van der Waals surface area contributed by atoms with E-state index in [4.69, 9.17) is 16.7 Å². The summed E-state index contributed by atoms with van der Waals surface area (Å²) in [6, 6.07) is 2.68. The van der Waals surface area contributed by atoms with Gasteiger partial charge >= 0.3 is 0 Å². The molecule has 0 fully saturated rings. The number of phenolic OH excluding ortho intramolecular Hbond substituents is 1. The minimum Gasteiger partial charge on any atom is -0.506 e. The summed E-state index contributed by atoms with van der Waals surface area (Å²) in [4.78, 5) is 9.71. The minimum atomic E-state index is -0.630. The Morgan fingerprint density at radius 1 is 1.58 bits per heavy atom. The molecule has 0 saturated carbocycles. The largest absolute Gasteiger partial charge is 0.506 e. The number of halogens is 1. The number of benzene rings is 1. The maximum Gasteiger partial charge on any atom is 0.291 e. The molecule has 0 aliphatic heterocycles. The fraction of sp³-hybridized carbons (Fsp3) is 0.143. The molecule has 1 N–H and O–H groups in total. The summed E-state index contributed by atoms with van der Waals surface area (Å²) in [6.45, 7) is 1.64. The molecule has 0 spiro atoms. The third-order valence-electron chi connectivity index (χ3n) is 1.38. The Hall–Kier alpha value is -1.29. The van der Waals surface area contributed by atoms with Crippen LogP contribution in [0.4, 0.5) is 5.69 Å². The lowest BCUT2D eigenvalue weighted by atomic mass is 10.2. The number of aromatic hydroxyl groups is 1. The third kappa shape index (κ3) is 1.48. The SMILES string of the molecule is Cc1cc(O)c(Cl)c([N+](=O)[O-])c1. The average Bonchev–Trinajstić information content (AvgIpc) is 1.96. The van der Waals surface area contributed by atoms with Gasteiger partial charge in [-0.25, -0.2) is 0 Å². The Morgan fingerprint density at radius 3 is 2.67 bits per heavy atom. The van der Waals surface area contributed by atoms with Crippen LogP contribution in [-0.4, -0.2) is 10.0 Å². The summed E-state index contributed by atoms with van der Waals surface area (Å²) in [7, 11) is 0. The van der Waals surface area contributed by atoms with Gasteiger partial charge in [0.05, 0.1) is 4.92 Å². The zero-order valence-corrected chi connectivity index (χ0v) is 7.00. The van der Waals surface area contributed by atoms with E-state index < -0.39 is 4.92 Å². The van der Waals surface area contributed by atoms with Crippen LogP contribution in [0.15, 0.2) is 12.1 Å². The third-order valence-corrected chi connectivity index (χ3v) is 1.76. The molecule has 4 nitrogen and oxygen atoms in total. The van der Waals surface area contributed by atoms with E-state index in [1.165, 1.54) is 12.1 Å². The quantitative estimate of drug-likeness (QED) is 0.542. The standard InChI is InChI=1S/C7H6ClNO3/c1-4-2-5(9(11)12)7(8)6(10)3-4/h2-3,10H,1H3. The highest BCUT2D eigenvalue weighted by Gasteiger charge is 2.15. The van der Waals surface area contributed by atoms with Gasteiger partial charge in [-0.2, -0.15) is 0 Å². The van der Waals surface area contributed by atoms with E-state index in [0.717, 1.165) is 0 Å². The lowest BCUT2D eigenvalue weighted by Gasteiger charge is -1.99. The molecule has 1 aromatic carbocycles. The number of nitro benzene ring substituents is 1. The van der Waals surface area contributed by atoms with E-state index in [-0.39, 0.29) is 16.5 Å². The summed E-state index contributed by atoms with van der Waals surface area (Å²) in [6.07, 6.45) is 0. The van der Waals surface area contributed by atoms with Gasteiger partial charge in [0.15, 0.2) is 5.02 Å². The lowest BCUT2D eigenvalue weighted by molar-refractivity contribution is -0.384. The number of aryl methyl sites for hydroxylation is 1. The van der Waals surface area contributed by atoms with Crippen molar-refractivity contribution in [1.29, 1.82) is 0 Å². The molecule has 1 aromatic rings. The van der Waals surface area contributed by atoms with Crippen LogP contribution < -0.4 is 0 Å². The number of hydrogen-bond donors (Lipinski definition) is 1. The van der Waals surface area contributed by atoms with Crippen molar-refractivity contribution in [1.82, 2.24) is 0 Å². The van der Waals surface area contributed by atoms with Crippen molar-refractivity contribution in [3.05, 3.63) is 32.8 Å². The van der Waals surface area contributed by atoms with Crippen LogP contribution in [-0.2, 0) is 0 Å². The van der Waals surface area contributed by atoms with Crippen molar-refractivity contribution in [2.45, 2.75) is 6.92 Å². The van der Waals surface area contributed by atoms with Crippen molar-refractivity contribution < 1.29 is 10.0 Å². The lowest BCUT2D eigenvalue weighted by Crippen LogP contribution is -1.90. The summed E-state index contributed by atoms with van der Waals surface area (Å²) in [5.41, 5.74) is 0.331. The maximum absolute atomic E-state index is 10.3. The van der Waals surface area contributed by atoms with Crippen LogP contribution >= 0.6 is 11.6 Å². The van der Waals surface area contributed by atoms with E-state index in [0.29, 0.717) is 5.56 Å². The normalized spacial score (nSPS) is 9.83. The molecule has 0 aromatic heterocycles. The highest BCUT2D eigenvalue weighted by atomic mass is 35.5. The maximum atomic E-state index is 10.3. The van der Waals surface area contributed by atoms with Gasteiger partial charge in [-0.15, -0.1) is 0 Å². The average molecular weight is 188 g/mol. The topological polar surface area (TPSA) is 63.4 Å². The van der Waals surface area contributed by atoms with Crippen LogP contribution in [0.3, 0.4) is 0 Å². The first-order valence-corrected chi connectivity index (χ1v) is 3.53. The monoisotopic (exact) mass is 187 g/mol. The fourth-order valence-electron chi connectivity index (χ4n) is 0.864. The van der Waals surface area contributed by atoms with Gasteiger partial charge in [0.25, 0.3) is 5.69 Å². The fourth-order valence-corrected chi connectivity index (χ4v) is 1.04. The Kier molecular flexibility index (Phi) is 2.19. The van der Waals surface area contributed by atoms with Crippen LogP contribution in [0.25, 0.3) is 0 Å². The van der Waals surface area contributed by atoms with Gasteiger partial charge in [0.2, 0.25) is 0 Å². The summed E-state index contributed by atoms with van der Waals surface area (Å²) in [5.74, 6) is -0.261. The van der Waals surface area contributed by atoms with E-state index in [1.807, 2.05) is 0 Å². The molecule has 5 heteroatoms. The van der Waals surface area contributed by atoms with Gasteiger partial charge in [-0.05, 0) is 18.6 Å². The van der Waals surface area contributed by atoms with Gasteiger partial charge < -0.3 is 5.11 Å². The molecule has 0 radical (unpaired) electrons. The first kappa shape index (κ1) is 8.80. The Bertz CT molecular complexity index is 338. The molecule has 0 saturated heterocycles. The van der Waals surface area contributed by atoms with Crippen molar-refractivity contribution in [3.63, 3.8) is 0 Å². The number of nitrogens with zero attached hydrogens (tertiary/aromatic N) is 1. The summed E-state index contributed by atoms with van der Waals surface area (Å²) in [5, 5.41) is 19.2. The van der Waals surface area contributed by atoms with Crippen molar-refractivity contribution in [3.8, 4) is 5.75 Å². The highest BCUT2D eigenvalue weighted by Crippen LogP contribution is 2.33. The number of rotatable bonds is 1. The predicted octanol–water partition coefficient (Wildman–Crippen LogP) is 2.26. The zero-order valence-electron chi connectivity index (χ0n) is 6.24. The molecule has 0 atom stereocenters. The zero-order chi connectivity index (χ0) is 9.30. The second-order valence-electron chi connectivity index (χ2n) is 2.37. The molecular formula is C7H6ClNO3. The van der Waals surface area contributed by atoms with Gasteiger partial charge in [-0.1, -0.05) is 11.6 Å². The summed E-state index contributed by atoms with van der Waals surface area (Å²) < 4.78 is 0. The van der Waals surface area contributed by atoms with E-state index in [2.05, 4.69) is 0 Å². The van der Waals surface area contributed by atoms with Crippen molar-refractivity contribution in [2.24, 2.45) is 0 Å². The highest BCUT2D eigenvalue weighted by molar-refractivity contribution is 6.34. The Morgan fingerprint density at radius 2 is 2.17 bits per heavy atom. The van der Waals surface area contributed by atoms with Crippen LogP contribution in [0.1, 0.15) is 5.56 Å². The summed E-state index contributed by atoms with van der Waals surface area (Å²) >= 11 is 5.47. The smallest absolute Gasteiger partial charge is 0.291 e. The molecule has 12 heavy (non-hydrogen) atoms. The van der Waals surface area contributed by atoms with E-state index in [1.54, 1.807) is 6.92 Å². The molecule has 0 heterocycles. The molecule has 0 aliphatic carbocycles. The number of hydrogen-bond acceptors (Lipinski definition) is 3. The van der Waals surface area contributed by atoms with Crippen molar-refractivity contribution in [2.75, 3.05) is 0 Å². The first-order valence-electron chi connectivity index (χ1n) is 3.16. The Labute approximate surface area is 73.5 Å². The van der Waals surface area contributed by atoms with Gasteiger partial charge in [-0.3, -0.25) is 10.1 Å². The molecule has 0 bridgehead atoms. The van der Waals surface area contributed by atoms with E-state index in [9.17, 15) is 10.1 Å². The molecule has 0 aliphatic rings. The molecular weight excluding hydrogens is 182 g/mol. The molecule has 0 unspecified atom stereocenters. The molecule has 0 amide bonds. The molecule has 64 valence electrons.